The van der Waals surface area contributed by atoms with Gasteiger partial charge in [0.05, 0.1) is 11.8 Å². The van der Waals surface area contributed by atoms with E-state index >= 15 is 0 Å². The molecule has 0 aromatic heterocycles. The fraction of sp³-hybridized carbons (Fsp3) is 0.800. The Balaban J connectivity index is 2.00. The minimum atomic E-state index is -0.906. The van der Waals surface area contributed by atoms with Gasteiger partial charge in [0.25, 0.3) is 0 Å². The zero-order chi connectivity index (χ0) is 15.4. The average molecular weight is 296 g/mol. The molecule has 6 nitrogen and oxygen atoms in total. The zero-order valence-electron chi connectivity index (χ0n) is 12.4. The molecule has 21 heavy (non-hydrogen) atoms. The summed E-state index contributed by atoms with van der Waals surface area (Å²) in [7, 11) is 0. The van der Waals surface area contributed by atoms with Gasteiger partial charge in [0, 0.05) is 6.54 Å². The highest BCUT2D eigenvalue weighted by Crippen LogP contribution is 2.38. The first-order chi connectivity index (χ1) is 10.0. The topological polar surface area (TPSA) is 95.5 Å². The van der Waals surface area contributed by atoms with Gasteiger partial charge in [0.15, 0.2) is 0 Å². The predicted octanol–water partition coefficient (Wildman–Crippen LogP) is 0.908. The van der Waals surface area contributed by atoms with Crippen LogP contribution >= 0.6 is 0 Å². The molecule has 1 saturated carbocycles. The lowest BCUT2D eigenvalue weighted by atomic mass is 9.95. The third kappa shape index (κ3) is 3.74. The van der Waals surface area contributed by atoms with Gasteiger partial charge in [0.1, 0.15) is 6.04 Å². The fourth-order valence-electron chi connectivity index (χ4n) is 3.39. The highest BCUT2D eigenvalue weighted by molar-refractivity contribution is 5.90. The van der Waals surface area contributed by atoms with E-state index in [0.29, 0.717) is 25.8 Å². The number of rotatable bonds is 4. The lowest BCUT2D eigenvalue weighted by Gasteiger charge is -2.20. The van der Waals surface area contributed by atoms with Crippen LogP contribution in [0.2, 0.25) is 0 Å². The van der Waals surface area contributed by atoms with E-state index in [0.717, 1.165) is 19.3 Å². The van der Waals surface area contributed by atoms with Crippen molar-refractivity contribution in [3.63, 3.8) is 0 Å². The van der Waals surface area contributed by atoms with Gasteiger partial charge >= 0.3 is 5.97 Å². The lowest BCUT2D eigenvalue weighted by Crippen LogP contribution is -2.48. The number of nitrogens with one attached hydrogen (secondary N) is 2. The van der Waals surface area contributed by atoms with E-state index in [1.54, 1.807) is 0 Å². The van der Waals surface area contributed by atoms with E-state index in [4.69, 9.17) is 0 Å². The molecule has 0 bridgehead atoms. The molecule has 0 radical (unpaired) electrons. The molecule has 0 spiro atoms. The van der Waals surface area contributed by atoms with E-state index in [9.17, 15) is 19.5 Å². The molecule has 4 atom stereocenters. The number of carbonyl (C=O) groups is 3. The molecular weight excluding hydrogens is 272 g/mol. The van der Waals surface area contributed by atoms with Crippen molar-refractivity contribution in [2.24, 2.45) is 17.8 Å². The summed E-state index contributed by atoms with van der Waals surface area (Å²) in [6.45, 7) is 2.66. The molecule has 2 aliphatic rings. The van der Waals surface area contributed by atoms with E-state index in [1.165, 1.54) is 0 Å². The first kappa shape index (κ1) is 15.8. The number of hydrogen-bond donors (Lipinski definition) is 3. The Labute approximate surface area is 124 Å². The van der Waals surface area contributed by atoms with Crippen LogP contribution in [-0.2, 0) is 14.4 Å². The first-order valence-corrected chi connectivity index (χ1v) is 7.83. The van der Waals surface area contributed by atoms with E-state index < -0.39 is 23.8 Å². The summed E-state index contributed by atoms with van der Waals surface area (Å²) in [5.41, 5.74) is 0. The number of hydrogen-bond acceptors (Lipinski definition) is 3. The molecule has 3 N–H and O–H groups in total. The Bertz CT molecular complexity index is 424. The molecule has 118 valence electrons. The van der Waals surface area contributed by atoms with Crippen LogP contribution in [0.3, 0.4) is 0 Å². The second-order valence-corrected chi connectivity index (χ2v) is 6.14. The van der Waals surface area contributed by atoms with Crippen molar-refractivity contribution in [2.75, 3.05) is 6.54 Å². The first-order valence-electron chi connectivity index (χ1n) is 7.83. The monoisotopic (exact) mass is 296 g/mol. The second kappa shape index (κ2) is 6.91. The molecule has 2 fully saturated rings. The molecule has 1 heterocycles. The fourth-order valence-corrected chi connectivity index (χ4v) is 3.39. The average Bonchev–Trinajstić information content (AvgIpc) is 2.80. The highest BCUT2D eigenvalue weighted by Gasteiger charge is 2.42. The molecule has 6 heteroatoms. The molecular formula is C15H24N2O4. The maximum atomic E-state index is 12.4. The largest absolute Gasteiger partial charge is 0.481 e. The summed E-state index contributed by atoms with van der Waals surface area (Å²) in [6.07, 6.45) is 4.47. The Hall–Kier alpha value is -1.59. The van der Waals surface area contributed by atoms with Crippen LogP contribution in [0.1, 0.15) is 45.4 Å². The Morgan fingerprint density at radius 2 is 2.00 bits per heavy atom. The van der Waals surface area contributed by atoms with Gasteiger partial charge in [0.2, 0.25) is 11.8 Å². The molecule has 2 amide bonds. The van der Waals surface area contributed by atoms with Crippen molar-refractivity contribution in [1.29, 1.82) is 0 Å². The molecule has 1 aliphatic carbocycles. The predicted molar refractivity (Wildman–Crippen MR) is 76.4 cm³/mol. The third-order valence-corrected chi connectivity index (χ3v) is 4.74. The van der Waals surface area contributed by atoms with Gasteiger partial charge in [-0.25, -0.2) is 0 Å². The minimum Gasteiger partial charge on any atom is -0.481 e. The van der Waals surface area contributed by atoms with Gasteiger partial charge in [-0.05, 0) is 38.0 Å². The van der Waals surface area contributed by atoms with Gasteiger partial charge in [-0.15, -0.1) is 0 Å². The van der Waals surface area contributed by atoms with E-state index in [1.807, 2.05) is 6.92 Å². The Kier molecular flexibility index (Phi) is 5.20. The molecule has 2 rings (SSSR count). The Morgan fingerprint density at radius 3 is 2.67 bits per heavy atom. The number of carbonyl (C=O) groups excluding carboxylic acids is 2. The van der Waals surface area contributed by atoms with Crippen molar-refractivity contribution in [3.05, 3.63) is 0 Å². The maximum absolute atomic E-state index is 12.4. The van der Waals surface area contributed by atoms with Crippen LogP contribution in [0.4, 0.5) is 0 Å². The van der Waals surface area contributed by atoms with Crippen LogP contribution in [0.15, 0.2) is 0 Å². The standard InChI is InChI=1S/C15H24N2O4/c1-2-9-7-10(11(8-9)15(20)21)13(18)17-12-5-3-4-6-16-14(12)19/h9-12H,2-8H2,1H3,(H,16,19)(H,17,18)(H,20,21). The van der Waals surface area contributed by atoms with Crippen LogP contribution in [0.5, 0.6) is 0 Å². The van der Waals surface area contributed by atoms with Crippen LogP contribution in [0, 0.1) is 17.8 Å². The number of carboxylic acid groups (broad SMARTS) is 1. The normalized spacial score (nSPS) is 33.1. The summed E-state index contributed by atoms with van der Waals surface area (Å²) >= 11 is 0. The van der Waals surface area contributed by atoms with E-state index in [-0.39, 0.29) is 17.7 Å². The quantitative estimate of drug-likeness (QED) is 0.718. The van der Waals surface area contributed by atoms with E-state index in [2.05, 4.69) is 10.6 Å². The SMILES string of the molecule is CCC1CC(C(=O)O)C(C(=O)NC2CCCCNC2=O)C1. The highest BCUT2D eigenvalue weighted by atomic mass is 16.4. The second-order valence-electron chi connectivity index (χ2n) is 6.14. The summed E-state index contributed by atoms with van der Waals surface area (Å²) in [5, 5.41) is 14.8. The Morgan fingerprint density at radius 1 is 1.29 bits per heavy atom. The van der Waals surface area contributed by atoms with Crippen LogP contribution in [0.25, 0.3) is 0 Å². The smallest absolute Gasteiger partial charge is 0.307 e. The van der Waals surface area contributed by atoms with Gasteiger partial charge in [-0.3, -0.25) is 14.4 Å². The lowest BCUT2D eigenvalue weighted by molar-refractivity contribution is -0.146. The summed E-state index contributed by atoms with van der Waals surface area (Å²) < 4.78 is 0. The summed E-state index contributed by atoms with van der Waals surface area (Å²) in [6, 6.07) is -0.518. The number of carboxylic acids is 1. The number of aliphatic carboxylic acids is 1. The number of amides is 2. The molecule has 0 aromatic rings. The van der Waals surface area contributed by atoms with Gasteiger partial charge < -0.3 is 15.7 Å². The molecule has 0 aromatic carbocycles. The van der Waals surface area contributed by atoms with Crippen molar-refractivity contribution >= 4 is 17.8 Å². The van der Waals surface area contributed by atoms with Crippen molar-refractivity contribution < 1.29 is 19.5 Å². The minimum absolute atomic E-state index is 0.155. The third-order valence-electron chi connectivity index (χ3n) is 4.74. The molecule has 1 saturated heterocycles. The van der Waals surface area contributed by atoms with Crippen LogP contribution in [-0.4, -0.2) is 35.5 Å². The summed E-state index contributed by atoms with van der Waals surface area (Å²) in [4.78, 5) is 35.6. The maximum Gasteiger partial charge on any atom is 0.307 e. The van der Waals surface area contributed by atoms with Gasteiger partial charge in [-0.1, -0.05) is 13.3 Å². The van der Waals surface area contributed by atoms with Crippen LogP contribution < -0.4 is 10.6 Å². The van der Waals surface area contributed by atoms with Crippen molar-refractivity contribution in [3.8, 4) is 0 Å². The molecule has 4 unspecified atom stereocenters. The van der Waals surface area contributed by atoms with Crippen molar-refractivity contribution in [1.82, 2.24) is 10.6 Å². The van der Waals surface area contributed by atoms with Crippen molar-refractivity contribution in [2.45, 2.75) is 51.5 Å². The summed E-state index contributed by atoms with van der Waals surface area (Å²) in [5.74, 6) is -2.19. The van der Waals surface area contributed by atoms with Gasteiger partial charge in [-0.2, -0.15) is 0 Å². The molecule has 1 aliphatic heterocycles. The zero-order valence-corrected chi connectivity index (χ0v) is 12.4.